The molecule has 0 radical (unpaired) electrons. The van der Waals surface area contributed by atoms with Crippen molar-refractivity contribution >= 4 is 17.9 Å². The van der Waals surface area contributed by atoms with Gasteiger partial charge in [0.15, 0.2) is 6.10 Å². The van der Waals surface area contributed by atoms with Gasteiger partial charge in [-0.05, 0) is 148 Å². The highest BCUT2D eigenvalue weighted by atomic mass is 16.6. The first kappa shape index (κ1) is 75.3. The molecule has 0 aromatic rings. The van der Waals surface area contributed by atoms with Crippen LogP contribution in [0.5, 0.6) is 0 Å². The summed E-state index contributed by atoms with van der Waals surface area (Å²) in [6.07, 6.45) is 95.6. The summed E-state index contributed by atoms with van der Waals surface area (Å²) in [5.41, 5.74) is 0. The van der Waals surface area contributed by atoms with Crippen LogP contribution < -0.4 is 0 Å². The summed E-state index contributed by atoms with van der Waals surface area (Å²) in [6.45, 7) is 6.45. The predicted molar refractivity (Wildman–Crippen MR) is 348 cm³/mol. The zero-order valence-corrected chi connectivity index (χ0v) is 51.8. The standard InChI is InChI=1S/C74H120O6/c1-4-7-10-13-16-19-22-25-28-30-31-32-33-34-35-36-37-38-39-40-41-42-43-44-47-49-52-55-58-61-64-67-73(76)79-70-71(69-78-72(75)66-63-60-57-54-51-48-45-27-24-21-18-15-12-9-6-3)80-74(77)68-65-62-59-56-53-50-46-29-26-23-20-17-14-11-8-5-2/h7,10,16,18-21,23,25,27-29,31-32,34-35,37-38,40-41,43-46,71H,4-6,8-9,11-15,17,22,24,26,30,33,36,39,42,47-70H2,1-3H3/b10-7-,19-16-,21-18-,23-20-,28-25-,32-31-,35-34-,38-37-,41-40-,44-43-,45-27-,46-29-. The van der Waals surface area contributed by atoms with Crippen molar-refractivity contribution in [2.75, 3.05) is 13.2 Å². The van der Waals surface area contributed by atoms with Crippen LogP contribution in [-0.2, 0) is 28.6 Å². The van der Waals surface area contributed by atoms with Crippen LogP contribution in [-0.4, -0.2) is 37.2 Å². The first-order valence-corrected chi connectivity index (χ1v) is 32.8. The largest absolute Gasteiger partial charge is 0.462 e. The Balaban J connectivity index is 4.39. The average molecular weight is 1110 g/mol. The van der Waals surface area contributed by atoms with Crippen molar-refractivity contribution in [1.82, 2.24) is 0 Å². The average Bonchev–Trinajstić information content (AvgIpc) is 3.46. The molecule has 0 aromatic heterocycles. The van der Waals surface area contributed by atoms with Gasteiger partial charge in [-0.2, -0.15) is 0 Å². The fourth-order valence-electron chi connectivity index (χ4n) is 8.64. The molecular formula is C74H120O6. The zero-order chi connectivity index (χ0) is 57.8. The number of hydrogen-bond acceptors (Lipinski definition) is 6. The van der Waals surface area contributed by atoms with E-state index in [-0.39, 0.29) is 31.1 Å². The predicted octanol–water partition coefficient (Wildman–Crippen LogP) is 22.7. The van der Waals surface area contributed by atoms with Gasteiger partial charge >= 0.3 is 17.9 Å². The number of esters is 3. The van der Waals surface area contributed by atoms with Crippen molar-refractivity contribution in [1.29, 1.82) is 0 Å². The highest BCUT2D eigenvalue weighted by Gasteiger charge is 2.19. The van der Waals surface area contributed by atoms with Crippen molar-refractivity contribution in [3.63, 3.8) is 0 Å². The zero-order valence-electron chi connectivity index (χ0n) is 51.8. The van der Waals surface area contributed by atoms with E-state index in [9.17, 15) is 14.4 Å². The Labute approximate surface area is 493 Å². The Kier molecular flexibility index (Phi) is 62.9. The number of carbonyl (C=O) groups excluding carboxylic acids is 3. The number of unbranched alkanes of at least 4 members (excludes halogenated alkanes) is 23. The molecule has 0 bridgehead atoms. The number of ether oxygens (including phenoxy) is 3. The van der Waals surface area contributed by atoms with Crippen LogP contribution in [0.2, 0.25) is 0 Å². The van der Waals surface area contributed by atoms with Gasteiger partial charge in [0, 0.05) is 19.3 Å². The summed E-state index contributed by atoms with van der Waals surface area (Å²) in [6, 6.07) is 0. The fraction of sp³-hybridized carbons (Fsp3) is 0.635. The normalized spacial score (nSPS) is 13.1. The molecule has 0 aliphatic heterocycles. The Morgan fingerprint density at radius 3 is 0.787 bits per heavy atom. The first-order chi connectivity index (χ1) is 39.5. The highest BCUT2D eigenvalue weighted by Crippen LogP contribution is 2.14. The van der Waals surface area contributed by atoms with Crippen LogP contribution in [0, 0.1) is 0 Å². The summed E-state index contributed by atoms with van der Waals surface area (Å²) in [5.74, 6) is -0.941. The quantitative estimate of drug-likeness (QED) is 0.0261. The van der Waals surface area contributed by atoms with Gasteiger partial charge < -0.3 is 14.2 Å². The van der Waals surface area contributed by atoms with Crippen LogP contribution in [0.4, 0.5) is 0 Å². The van der Waals surface area contributed by atoms with Crippen molar-refractivity contribution in [3.8, 4) is 0 Å². The molecule has 0 saturated heterocycles. The summed E-state index contributed by atoms with van der Waals surface area (Å²) in [7, 11) is 0. The second kappa shape index (κ2) is 66.8. The lowest BCUT2D eigenvalue weighted by molar-refractivity contribution is -0.167. The van der Waals surface area contributed by atoms with E-state index in [0.29, 0.717) is 19.3 Å². The second-order valence-electron chi connectivity index (χ2n) is 21.3. The monoisotopic (exact) mass is 1100 g/mol. The van der Waals surface area contributed by atoms with Gasteiger partial charge in [-0.3, -0.25) is 14.4 Å². The maximum atomic E-state index is 12.9. The molecule has 0 aromatic carbocycles. The van der Waals surface area contributed by atoms with E-state index in [1.165, 1.54) is 70.6 Å². The maximum Gasteiger partial charge on any atom is 0.306 e. The lowest BCUT2D eigenvalue weighted by Crippen LogP contribution is -2.30. The third kappa shape index (κ3) is 64.1. The minimum Gasteiger partial charge on any atom is -0.462 e. The minimum atomic E-state index is -0.805. The minimum absolute atomic E-state index is 0.0999. The molecular weight excluding hydrogens is 985 g/mol. The molecule has 0 saturated carbocycles. The van der Waals surface area contributed by atoms with E-state index in [4.69, 9.17) is 14.2 Å². The van der Waals surface area contributed by atoms with Gasteiger partial charge in [0.05, 0.1) is 0 Å². The number of rotatable bonds is 58. The summed E-state index contributed by atoms with van der Waals surface area (Å²) in [4.78, 5) is 38.3. The third-order valence-electron chi connectivity index (χ3n) is 13.5. The van der Waals surface area contributed by atoms with E-state index in [0.717, 1.165) is 173 Å². The Morgan fingerprint density at radius 1 is 0.263 bits per heavy atom. The molecule has 0 aliphatic rings. The van der Waals surface area contributed by atoms with Gasteiger partial charge in [0.2, 0.25) is 0 Å². The van der Waals surface area contributed by atoms with Gasteiger partial charge in [-0.15, -0.1) is 0 Å². The summed E-state index contributed by atoms with van der Waals surface area (Å²) in [5, 5.41) is 0. The van der Waals surface area contributed by atoms with Crippen LogP contribution in [0.15, 0.2) is 146 Å². The maximum absolute atomic E-state index is 12.9. The van der Waals surface area contributed by atoms with Gasteiger partial charge in [-0.1, -0.05) is 263 Å². The van der Waals surface area contributed by atoms with Crippen LogP contribution in [0.1, 0.15) is 284 Å². The van der Waals surface area contributed by atoms with Crippen LogP contribution in [0.25, 0.3) is 0 Å². The lowest BCUT2D eigenvalue weighted by atomic mass is 10.1. The molecule has 80 heavy (non-hydrogen) atoms. The summed E-state index contributed by atoms with van der Waals surface area (Å²) < 4.78 is 16.9. The van der Waals surface area contributed by atoms with E-state index >= 15 is 0 Å². The van der Waals surface area contributed by atoms with Gasteiger partial charge in [-0.25, -0.2) is 0 Å². The molecule has 6 nitrogen and oxygen atoms in total. The molecule has 0 amide bonds. The summed E-state index contributed by atoms with van der Waals surface area (Å²) >= 11 is 0. The second-order valence-corrected chi connectivity index (χ2v) is 21.3. The Hall–Kier alpha value is -4.71. The Bertz CT molecular complexity index is 1750. The highest BCUT2D eigenvalue weighted by molar-refractivity contribution is 5.71. The van der Waals surface area contributed by atoms with Crippen LogP contribution >= 0.6 is 0 Å². The van der Waals surface area contributed by atoms with E-state index in [1.807, 2.05) is 0 Å². The van der Waals surface area contributed by atoms with Gasteiger partial charge in [0.25, 0.3) is 0 Å². The SMILES string of the molecule is CC/C=C\C/C=C\C/C=C\C/C=C\C/C=C\C/C=C\C/C=C\C/C=C\CCCCCCCCC(=O)OCC(COC(=O)CCCCCCC/C=C\C/C=C\CCCCC)OC(=O)CCCCCCC/C=C\C/C=C\CCCCCC. The van der Waals surface area contributed by atoms with Crippen molar-refractivity contribution in [2.24, 2.45) is 0 Å². The molecule has 0 N–H and O–H groups in total. The van der Waals surface area contributed by atoms with E-state index in [1.54, 1.807) is 0 Å². The number of allylic oxidation sites excluding steroid dienone is 24. The molecule has 1 unspecified atom stereocenters. The molecule has 6 heteroatoms. The smallest absolute Gasteiger partial charge is 0.306 e. The molecule has 0 heterocycles. The molecule has 0 aliphatic carbocycles. The molecule has 1 atom stereocenters. The van der Waals surface area contributed by atoms with Gasteiger partial charge in [0.1, 0.15) is 13.2 Å². The fourth-order valence-corrected chi connectivity index (χ4v) is 8.64. The number of hydrogen-bond donors (Lipinski definition) is 0. The van der Waals surface area contributed by atoms with E-state index in [2.05, 4.69) is 167 Å². The third-order valence-corrected chi connectivity index (χ3v) is 13.5. The van der Waals surface area contributed by atoms with E-state index < -0.39 is 6.10 Å². The molecule has 0 rings (SSSR count). The lowest BCUT2D eigenvalue weighted by Gasteiger charge is -2.18. The van der Waals surface area contributed by atoms with Crippen molar-refractivity contribution < 1.29 is 28.6 Å². The van der Waals surface area contributed by atoms with Crippen molar-refractivity contribution in [3.05, 3.63) is 146 Å². The Morgan fingerprint density at radius 2 is 0.487 bits per heavy atom. The first-order valence-electron chi connectivity index (χ1n) is 32.8. The van der Waals surface area contributed by atoms with Crippen molar-refractivity contribution in [2.45, 2.75) is 290 Å². The topological polar surface area (TPSA) is 78.9 Å². The number of carbonyl (C=O) groups is 3. The molecule has 452 valence electrons. The molecule has 0 spiro atoms. The molecule has 0 fully saturated rings. The van der Waals surface area contributed by atoms with Crippen LogP contribution in [0.3, 0.4) is 0 Å².